The van der Waals surface area contributed by atoms with Crippen LogP contribution in [0.1, 0.15) is 13.8 Å². The van der Waals surface area contributed by atoms with Gasteiger partial charge in [0, 0.05) is 37.2 Å². The van der Waals surface area contributed by atoms with Gasteiger partial charge in [0.15, 0.2) is 0 Å². The second-order valence-corrected chi connectivity index (χ2v) is 4.51. The van der Waals surface area contributed by atoms with E-state index in [4.69, 9.17) is 0 Å². The third-order valence-electron chi connectivity index (χ3n) is 3.10. The Balaban J connectivity index is 2.10. The first-order valence-electron chi connectivity index (χ1n) is 4.91. The zero-order valence-electron chi connectivity index (χ0n) is 8.25. The van der Waals surface area contributed by atoms with Gasteiger partial charge in [-0.05, 0) is 13.0 Å². The van der Waals surface area contributed by atoms with Crippen molar-refractivity contribution in [1.29, 1.82) is 0 Å². The summed E-state index contributed by atoms with van der Waals surface area (Å²) in [4.78, 5) is 7.08. The summed E-state index contributed by atoms with van der Waals surface area (Å²) in [5, 5.41) is 0. The summed E-state index contributed by atoms with van der Waals surface area (Å²) in [5.74, 6) is 2.29. The molecule has 2 atom stereocenters. The molecule has 0 amide bonds. The van der Waals surface area contributed by atoms with E-state index in [9.17, 15) is 0 Å². The van der Waals surface area contributed by atoms with Crippen LogP contribution in [0.15, 0.2) is 4.99 Å². The fourth-order valence-corrected chi connectivity index (χ4v) is 2.56. The molecule has 0 aromatic rings. The van der Waals surface area contributed by atoms with Crippen LogP contribution >= 0.6 is 0 Å². The van der Waals surface area contributed by atoms with E-state index in [0.717, 1.165) is 18.4 Å². The van der Waals surface area contributed by atoms with Crippen LogP contribution in [0.5, 0.6) is 0 Å². The molecule has 2 unspecified atom stereocenters. The maximum atomic E-state index is 4.64. The zero-order chi connectivity index (χ0) is 8.72. The van der Waals surface area contributed by atoms with E-state index >= 15 is 0 Å². The highest BCUT2D eigenvalue weighted by molar-refractivity contribution is 5.90. The van der Waals surface area contributed by atoms with Crippen LogP contribution in [0.3, 0.4) is 0 Å². The van der Waals surface area contributed by atoms with Crippen LogP contribution in [-0.4, -0.2) is 37.3 Å². The predicted octanol–water partition coefficient (Wildman–Crippen LogP) is 1.27. The summed E-state index contributed by atoms with van der Waals surface area (Å²) in [5.41, 5.74) is 1.48. The van der Waals surface area contributed by atoms with E-state index < -0.39 is 0 Å². The molecule has 1 saturated heterocycles. The first-order chi connectivity index (χ1) is 5.68. The molecule has 0 saturated carbocycles. The van der Waals surface area contributed by atoms with Crippen LogP contribution in [-0.2, 0) is 0 Å². The number of hydrogen-bond donors (Lipinski definition) is 0. The van der Waals surface area contributed by atoms with E-state index in [1.165, 1.54) is 18.8 Å². The van der Waals surface area contributed by atoms with Crippen molar-refractivity contribution in [2.45, 2.75) is 13.8 Å². The molecule has 0 radical (unpaired) electrons. The van der Waals surface area contributed by atoms with Gasteiger partial charge in [0.25, 0.3) is 0 Å². The SMILES string of the molecule is CC(C)C1=NCC2CN(C)CC12. The summed E-state index contributed by atoms with van der Waals surface area (Å²) >= 11 is 0. The first kappa shape index (κ1) is 8.24. The molecular weight excluding hydrogens is 148 g/mol. The Hall–Kier alpha value is -0.370. The number of aliphatic imine (C=N–C) groups is 1. The van der Waals surface area contributed by atoms with Gasteiger partial charge in [-0.1, -0.05) is 13.8 Å². The lowest BCUT2D eigenvalue weighted by atomic mass is 9.89. The lowest BCUT2D eigenvalue weighted by molar-refractivity contribution is 0.395. The van der Waals surface area contributed by atoms with Crippen LogP contribution in [0.2, 0.25) is 0 Å². The van der Waals surface area contributed by atoms with Crippen molar-refractivity contribution in [3.8, 4) is 0 Å². The Morgan fingerprint density at radius 1 is 1.42 bits per heavy atom. The number of rotatable bonds is 1. The van der Waals surface area contributed by atoms with Crippen molar-refractivity contribution < 1.29 is 0 Å². The van der Waals surface area contributed by atoms with Crippen LogP contribution in [0.4, 0.5) is 0 Å². The number of nitrogens with zero attached hydrogens (tertiary/aromatic N) is 2. The third kappa shape index (κ3) is 1.18. The van der Waals surface area contributed by atoms with E-state index in [1.807, 2.05) is 0 Å². The standard InChI is InChI=1S/C10H18N2/c1-7(2)10-9-6-12(3)5-8(9)4-11-10/h7-9H,4-6H2,1-3H3. The van der Waals surface area contributed by atoms with Gasteiger partial charge in [-0.3, -0.25) is 4.99 Å². The molecule has 1 fully saturated rings. The Morgan fingerprint density at radius 3 is 2.83 bits per heavy atom. The largest absolute Gasteiger partial charge is 0.305 e. The molecule has 2 heterocycles. The topological polar surface area (TPSA) is 15.6 Å². The van der Waals surface area contributed by atoms with Crippen LogP contribution in [0, 0.1) is 17.8 Å². The molecule has 12 heavy (non-hydrogen) atoms. The van der Waals surface area contributed by atoms with Gasteiger partial charge in [-0.15, -0.1) is 0 Å². The maximum Gasteiger partial charge on any atom is 0.0436 e. The second kappa shape index (κ2) is 2.84. The average molecular weight is 166 g/mol. The van der Waals surface area contributed by atoms with Gasteiger partial charge in [0.1, 0.15) is 0 Å². The molecular formula is C10H18N2. The van der Waals surface area contributed by atoms with Crippen molar-refractivity contribution in [1.82, 2.24) is 4.90 Å². The van der Waals surface area contributed by atoms with Gasteiger partial charge in [-0.2, -0.15) is 0 Å². The number of likely N-dealkylation sites (tertiary alicyclic amines) is 1. The Bertz CT molecular complexity index is 208. The minimum absolute atomic E-state index is 0.659. The highest BCUT2D eigenvalue weighted by Gasteiger charge is 2.38. The Morgan fingerprint density at radius 2 is 2.17 bits per heavy atom. The summed E-state index contributed by atoms with van der Waals surface area (Å²) in [6.45, 7) is 8.10. The molecule has 2 aliphatic heterocycles. The molecule has 2 nitrogen and oxygen atoms in total. The number of hydrogen-bond acceptors (Lipinski definition) is 2. The van der Waals surface area contributed by atoms with Crippen molar-refractivity contribution in [3.63, 3.8) is 0 Å². The molecule has 0 N–H and O–H groups in total. The molecule has 68 valence electrons. The van der Waals surface area contributed by atoms with Gasteiger partial charge in [0.2, 0.25) is 0 Å². The first-order valence-corrected chi connectivity index (χ1v) is 4.91. The van der Waals surface area contributed by atoms with E-state index in [2.05, 4.69) is 30.8 Å². The van der Waals surface area contributed by atoms with E-state index in [1.54, 1.807) is 0 Å². The average Bonchev–Trinajstić information content (AvgIpc) is 2.43. The highest BCUT2D eigenvalue weighted by Crippen LogP contribution is 2.31. The van der Waals surface area contributed by atoms with Gasteiger partial charge >= 0.3 is 0 Å². The second-order valence-electron chi connectivity index (χ2n) is 4.51. The van der Waals surface area contributed by atoms with Gasteiger partial charge in [-0.25, -0.2) is 0 Å². The van der Waals surface area contributed by atoms with Crippen LogP contribution in [0.25, 0.3) is 0 Å². The van der Waals surface area contributed by atoms with Crippen molar-refractivity contribution >= 4 is 5.71 Å². The number of fused-ring (bicyclic) bond motifs is 1. The van der Waals surface area contributed by atoms with E-state index in [-0.39, 0.29) is 0 Å². The van der Waals surface area contributed by atoms with Gasteiger partial charge in [0.05, 0.1) is 0 Å². The minimum atomic E-state index is 0.659. The molecule has 0 spiro atoms. The predicted molar refractivity (Wildman–Crippen MR) is 51.6 cm³/mol. The normalized spacial score (nSPS) is 35.8. The summed E-state index contributed by atoms with van der Waals surface area (Å²) in [6.07, 6.45) is 0. The Kier molecular flexibility index (Phi) is 1.95. The molecule has 0 aliphatic carbocycles. The maximum absolute atomic E-state index is 4.64. The highest BCUT2D eigenvalue weighted by atomic mass is 15.1. The minimum Gasteiger partial charge on any atom is -0.305 e. The fourth-order valence-electron chi connectivity index (χ4n) is 2.56. The van der Waals surface area contributed by atoms with E-state index in [0.29, 0.717) is 5.92 Å². The smallest absolute Gasteiger partial charge is 0.0436 e. The monoisotopic (exact) mass is 166 g/mol. The molecule has 0 bridgehead atoms. The zero-order valence-corrected chi connectivity index (χ0v) is 8.25. The summed E-state index contributed by atoms with van der Waals surface area (Å²) in [6, 6.07) is 0. The quantitative estimate of drug-likeness (QED) is 0.573. The third-order valence-corrected chi connectivity index (χ3v) is 3.10. The van der Waals surface area contributed by atoms with Crippen molar-refractivity contribution in [2.24, 2.45) is 22.7 Å². The van der Waals surface area contributed by atoms with Crippen LogP contribution < -0.4 is 0 Å². The van der Waals surface area contributed by atoms with Crippen molar-refractivity contribution in [2.75, 3.05) is 26.7 Å². The summed E-state index contributed by atoms with van der Waals surface area (Å²) in [7, 11) is 2.22. The Labute approximate surface area is 74.7 Å². The lowest BCUT2D eigenvalue weighted by Gasteiger charge is -2.14. The summed E-state index contributed by atoms with van der Waals surface area (Å²) < 4.78 is 0. The fraction of sp³-hybridized carbons (Fsp3) is 0.900. The lowest BCUT2D eigenvalue weighted by Crippen LogP contribution is -2.22. The molecule has 0 aromatic carbocycles. The molecule has 2 rings (SSSR count). The molecule has 2 aliphatic rings. The molecule has 2 heteroatoms. The van der Waals surface area contributed by atoms with Crippen molar-refractivity contribution in [3.05, 3.63) is 0 Å². The van der Waals surface area contributed by atoms with Gasteiger partial charge < -0.3 is 4.90 Å². The molecule has 0 aromatic heterocycles.